The van der Waals surface area contributed by atoms with E-state index in [2.05, 4.69) is 46.2 Å². The van der Waals surface area contributed by atoms with Gasteiger partial charge in [-0.15, -0.1) is 11.3 Å². The van der Waals surface area contributed by atoms with Gasteiger partial charge < -0.3 is 15.4 Å². The summed E-state index contributed by atoms with van der Waals surface area (Å²) >= 11 is 5.22. The molecule has 2 N–H and O–H groups in total. The first-order valence-electron chi connectivity index (χ1n) is 5.74. The minimum Gasteiger partial charge on any atom is -0.379 e. The van der Waals surface area contributed by atoms with Crippen LogP contribution in [0.15, 0.2) is 15.2 Å². The van der Waals surface area contributed by atoms with E-state index in [1.54, 1.807) is 11.3 Å². The number of halogens is 1. The maximum Gasteiger partial charge on any atom is 0.0701 e. The number of rotatable bonds is 4. The summed E-state index contributed by atoms with van der Waals surface area (Å²) in [5.41, 5.74) is 7.53. The number of hydrogen-bond acceptors (Lipinski definition) is 4. The lowest BCUT2D eigenvalue weighted by Gasteiger charge is -2.31. The van der Waals surface area contributed by atoms with E-state index in [4.69, 9.17) is 10.5 Å². The van der Waals surface area contributed by atoms with E-state index in [9.17, 15) is 0 Å². The molecule has 96 valence electrons. The van der Waals surface area contributed by atoms with Gasteiger partial charge in [-0.1, -0.05) is 6.92 Å². The maximum atomic E-state index is 6.10. The van der Waals surface area contributed by atoms with Gasteiger partial charge in [0.25, 0.3) is 0 Å². The van der Waals surface area contributed by atoms with Crippen LogP contribution in [0.5, 0.6) is 0 Å². The second-order valence-corrected chi connectivity index (χ2v) is 7.50. The van der Waals surface area contributed by atoms with Gasteiger partial charge in [-0.25, -0.2) is 0 Å². The number of nitrogens with zero attached hydrogens (tertiary/aromatic N) is 1. The lowest BCUT2D eigenvalue weighted by molar-refractivity contribution is 0.128. The molecule has 1 fully saturated rings. The average Bonchev–Trinajstić information content (AvgIpc) is 2.75. The van der Waals surface area contributed by atoms with Gasteiger partial charge in [0, 0.05) is 24.5 Å². The molecular formula is C12H19BrN2OS. The molecule has 1 aliphatic heterocycles. The summed E-state index contributed by atoms with van der Waals surface area (Å²) in [5.74, 6) is 0. The first-order valence-corrected chi connectivity index (χ1v) is 7.42. The fourth-order valence-electron chi connectivity index (χ4n) is 2.30. The van der Waals surface area contributed by atoms with Crippen LogP contribution in [-0.4, -0.2) is 37.7 Å². The Hall–Kier alpha value is 0.0600. The van der Waals surface area contributed by atoms with E-state index in [-0.39, 0.29) is 11.5 Å². The topological polar surface area (TPSA) is 38.5 Å². The quantitative estimate of drug-likeness (QED) is 0.925. The Kier molecular flexibility index (Phi) is 4.26. The van der Waals surface area contributed by atoms with Crippen molar-refractivity contribution >= 4 is 27.3 Å². The molecular weight excluding hydrogens is 300 g/mol. The molecule has 2 unspecified atom stereocenters. The Morgan fingerprint density at radius 3 is 3.00 bits per heavy atom. The van der Waals surface area contributed by atoms with Crippen LogP contribution in [-0.2, 0) is 11.3 Å². The van der Waals surface area contributed by atoms with Crippen LogP contribution in [0.3, 0.4) is 0 Å². The standard InChI is InChI=1S/C12H19BrN2OS/c1-12(8-16-5-10(12)14)7-15(2)4-9-3-11(13)17-6-9/h3,6,10H,4-5,7-8,14H2,1-2H3. The second kappa shape index (κ2) is 5.36. The predicted molar refractivity (Wildman–Crippen MR) is 75.3 cm³/mol. The Balaban J connectivity index is 1.91. The summed E-state index contributed by atoms with van der Waals surface area (Å²) in [6, 6.07) is 2.33. The molecule has 17 heavy (non-hydrogen) atoms. The molecule has 0 saturated carbocycles. The minimum absolute atomic E-state index is 0.0853. The maximum absolute atomic E-state index is 6.10. The molecule has 1 aliphatic rings. The highest BCUT2D eigenvalue weighted by molar-refractivity contribution is 9.11. The number of nitrogens with two attached hydrogens (primary N) is 1. The number of thiophene rings is 1. The second-order valence-electron chi connectivity index (χ2n) is 5.21. The first-order chi connectivity index (χ1) is 7.99. The summed E-state index contributed by atoms with van der Waals surface area (Å²) in [6.45, 7) is 5.61. The monoisotopic (exact) mass is 318 g/mol. The molecule has 3 nitrogen and oxygen atoms in total. The van der Waals surface area contributed by atoms with Gasteiger partial charge in [0.2, 0.25) is 0 Å². The summed E-state index contributed by atoms with van der Waals surface area (Å²) in [6.07, 6.45) is 0. The molecule has 0 amide bonds. The minimum atomic E-state index is 0.0853. The number of hydrogen-bond donors (Lipinski definition) is 1. The van der Waals surface area contributed by atoms with Gasteiger partial charge in [0.1, 0.15) is 0 Å². The molecule has 0 radical (unpaired) electrons. The highest BCUT2D eigenvalue weighted by Gasteiger charge is 2.38. The Morgan fingerprint density at radius 1 is 1.71 bits per heavy atom. The van der Waals surface area contributed by atoms with Crippen molar-refractivity contribution in [2.75, 3.05) is 26.8 Å². The fourth-order valence-corrected chi connectivity index (χ4v) is 3.50. The average molecular weight is 319 g/mol. The molecule has 0 bridgehead atoms. The lowest BCUT2D eigenvalue weighted by Crippen LogP contribution is -2.45. The third kappa shape index (κ3) is 3.29. The Bertz CT molecular complexity index is 384. The molecule has 2 atom stereocenters. The van der Waals surface area contributed by atoms with Crippen LogP contribution >= 0.6 is 27.3 Å². The molecule has 2 rings (SSSR count). The third-order valence-electron chi connectivity index (χ3n) is 3.33. The van der Waals surface area contributed by atoms with Crippen LogP contribution < -0.4 is 5.73 Å². The van der Waals surface area contributed by atoms with E-state index in [0.29, 0.717) is 6.61 Å². The summed E-state index contributed by atoms with van der Waals surface area (Å²) in [7, 11) is 2.14. The van der Waals surface area contributed by atoms with E-state index in [0.717, 1.165) is 19.7 Å². The van der Waals surface area contributed by atoms with Gasteiger partial charge in [0.05, 0.1) is 17.0 Å². The van der Waals surface area contributed by atoms with Crippen molar-refractivity contribution in [3.63, 3.8) is 0 Å². The van der Waals surface area contributed by atoms with Crippen molar-refractivity contribution in [1.82, 2.24) is 4.90 Å². The number of ether oxygens (including phenoxy) is 1. The first kappa shape index (κ1) is 13.5. The molecule has 5 heteroatoms. The third-order valence-corrected chi connectivity index (χ3v) is 4.88. The normalized spacial score (nSPS) is 29.1. The highest BCUT2D eigenvalue weighted by atomic mass is 79.9. The van der Waals surface area contributed by atoms with Crippen LogP contribution in [0.4, 0.5) is 0 Å². The lowest BCUT2D eigenvalue weighted by atomic mass is 9.85. The summed E-state index contributed by atoms with van der Waals surface area (Å²) in [5, 5.41) is 2.19. The largest absolute Gasteiger partial charge is 0.379 e. The van der Waals surface area contributed by atoms with E-state index >= 15 is 0 Å². The van der Waals surface area contributed by atoms with Gasteiger partial charge in [-0.2, -0.15) is 0 Å². The predicted octanol–water partition coefficient (Wildman–Crippen LogP) is 2.31. The van der Waals surface area contributed by atoms with Crippen molar-refractivity contribution in [2.45, 2.75) is 19.5 Å². The van der Waals surface area contributed by atoms with Crippen LogP contribution in [0.25, 0.3) is 0 Å². The zero-order valence-corrected chi connectivity index (χ0v) is 12.7. The Morgan fingerprint density at radius 2 is 2.47 bits per heavy atom. The molecule has 0 aliphatic carbocycles. The molecule has 0 spiro atoms. The van der Waals surface area contributed by atoms with Crippen LogP contribution in [0.2, 0.25) is 0 Å². The smallest absolute Gasteiger partial charge is 0.0701 e. The van der Waals surface area contributed by atoms with Crippen molar-refractivity contribution in [2.24, 2.45) is 11.1 Å². The van der Waals surface area contributed by atoms with Crippen molar-refractivity contribution in [3.05, 3.63) is 20.8 Å². The summed E-state index contributed by atoms with van der Waals surface area (Å²) < 4.78 is 6.66. The van der Waals surface area contributed by atoms with Crippen LogP contribution in [0, 0.1) is 5.41 Å². The highest BCUT2D eigenvalue weighted by Crippen LogP contribution is 2.29. The van der Waals surface area contributed by atoms with Gasteiger partial charge in [-0.3, -0.25) is 0 Å². The molecule has 0 aromatic carbocycles. The molecule has 1 saturated heterocycles. The zero-order chi connectivity index (χ0) is 12.5. The fraction of sp³-hybridized carbons (Fsp3) is 0.667. The van der Waals surface area contributed by atoms with Crippen LogP contribution in [0.1, 0.15) is 12.5 Å². The van der Waals surface area contributed by atoms with Crippen molar-refractivity contribution in [3.8, 4) is 0 Å². The van der Waals surface area contributed by atoms with Crippen molar-refractivity contribution in [1.29, 1.82) is 0 Å². The van der Waals surface area contributed by atoms with E-state index in [1.165, 1.54) is 9.35 Å². The van der Waals surface area contributed by atoms with Gasteiger partial charge in [-0.05, 0) is 40.0 Å². The van der Waals surface area contributed by atoms with Crippen molar-refractivity contribution < 1.29 is 4.74 Å². The van der Waals surface area contributed by atoms with E-state index < -0.39 is 0 Å². The zero-order valence-electron chi connectivity index (χ0n) is 10.3. The van der Waals surface area contributed by atoms with E-state index in [1.807, 2.05) is 0 Å². The molecule has 1 aromatic rings. The molecule has 2 heterocycles. The Labute approximate surface area is 115 Å². The molecule has 1 aromatic heterocycles. The van der Waals surface area contributed by atoms with Gasteiger partial charge in [0.15, 0.2) is 0 Å². The van der Waals surface area contributed by atoms with Gasteiger partial charge >= 0.3 is 0 Å². The SMILES string of the molecule is CN(Cc1csc(Br)c1)CC1(C)COCC1N. The summed E-state index contributed by atoms with van der Waals surface area (Å²) in [4.78, 5) is 2.32.